The van der Waals surface area contributed by atoms with Crippen molar-refractivity contribution in [2.45, 2.75) is 6.92 Å². The number of nitro groups is 1. The number of sulfonamides is 1. The standard InChI is InChI=1S/C9H12N2O4S/c1-3-16(14,15)10(2)8-6-4-5-7-9(8)11(12)13/h4-7H,3H2,1-2H3. The molecule has 88 valence electrons. The van der Waals surface area contributed by atoms with E-state index < -0.39 is 14.9 Å². The van der Waals surface area contributed by atoms with Crippen LogP contribution in [0.5, 0.6) is 0 Å². The van der Waals surface area contributed by atoms with Crippen LogP contribution >= 0.6 is 0 Å². The van der Waals surface area contributed by atoms with E-state index in [-0.39, 0.29) is 17.1 Å². The Bertz CT molecular complexity index is 498. The van der Waals surface area contributed by atoms with Crippen LogP contribution in [0, 0.1) is 10.1 Å². The van der Waals surface area contributed by atoms with Crippen LogP contribution < -0.4 is 4.31 Å². The van der Waals surface area contributed by atoms with Gasteiger partial charge in [0.05, 0.1) is 10.7 Å². The molecule has 1 rings (SSSR count). The third kappa shape index (κ3) is 2.30. The van der Waals surface area contributed by atoms with Crippen LogP contribution in [0.15, 0.2) is 24.3 Å². The molecule has 1 aromatic carbocycles. The Hall–Kier alpha value is -1.63. The maximum atomic E-state index is 11.6. The second-order valence-electron chi connectivity index (χ2n) is 3.11. The number of nitro benzene ring substituents is 1. The molecule has 7 heteroatoms. The molecule has 0 amide bonds. The predicted octanol–water partition coefficient (Wildman–Crippen LogP) is 1.38. The lowest BCUT2D eigenvalue weighted by Gasteiger charge is -2.17. The summed E-state index contributed by atoms with van der Waals surface area (Å²) in [6.45, 7) is 1.49. The zero-order chi connectivity index (χ0) is 12.3. The van der Waals surface area contributed by atoms with E-state index in [1.165, 1.54) is 32.2 Å². The van der Waals surface area contributed by atoms with Crippen molar-refractivity contribution in [3.8, 4) is 0 Å². The third-order valence-electron chi connectivity index (χ3n) is 2.20. The van der Waals surface area contributed by atoms with Gasteiger partial charge >= 0.3 is 0 Å². The Morgan fingerprint density at radius 1 is 1.38 bits per heavy atom. The van der Waals surface area contributed by atoms with Crippen LogP contribution in [-0.2, 0) is 10.0 Å². The molecular weight excluding hydrogens is 232 g/mol. The monoisotopic (exact) mass is 244 g/mol. The molecule has 0 saturated heterocycles. The van der Waals surface area contributed by atoms with Crippen molar-refractivity contribution in [1.29, 1.82) is 0 Å². The molecule has 6 nitrogen and oxygen atoms in total. The smallest absolute Gasteiger partial charge is 0.266 e. The minimum absolute atomic E-state index is 0.0781. The average Bonchev–Trinajstić information content (AvgIpc) is 2.28. The molecule has 0 radical (unpaired) electrons. The largest absolute Gasteiger partial charge is 0.293 e. The summed E-state index contributed by atoms with van der Waals surface area (Å²) < 4.78 is 24.1. The van der Waals surface area contributed by atoms with Gasteiger partial charge in [0.25, 0.3) is 5.69 Å². The molecule has 0 unspecified atom stereocenters. The summed E-state index contributed by atoms with van der Waals surface area (Å²) in [4.78, 5) is 10.1. The van der Waals surface area contributed by atoms with Crippen molar-refractivity contribution in [3.63, 3.8) is 0 Å². The molecule has 0 saturated carbocycles. The SMILES string of the molecule is CCS(=O)(=O)N(C)c1ccccc1[N+](=O)[O-]. The number of hydrogen-bond acceptors (Lipinski definition) is 4. The number of rotatable bonds is 4. The average molecular weight is 244 g/mol. The van der Waals surface area contributed by atoms with Gasteiger partial charge in [-0.15, -0.1) is 0 Å². The van der Waals surface area contributed by atoms with E-state index in [4.69, 9.17) is 0 Å². The fraction of sp³-hybridized carbons (Fsp3) is 0.333. The quantitative estimate of drug-likeness (QED) is 0.592. The van der Waals surface area contributed by atoms with E-state index >= 15 is 0 Å². The van der Waals surface area contributed by atoms with Gasteiger partial charge in [-0.2, -0.15) is 0 Å². The van der Waals surface area contributed by atoms with Crippen LogP contribution in [0.2, 0.25) is 0 Å². The van der Waals surface area contributed by atoms with Crippen molar-refractivity contribution in [3.05, 3.63) is 34.4 Å². The molecule has 1 aromatic rings. The van der Waals surface area contributed by atoms with Crippen LogP contribution in [0.1, 0.15) is 6.92 Å². The van der Waals surface area contributed by atoms with Crippen molar-refractivity contribution in [1.82, 2.24) is 0 Å². The zero-order valence-corrected chi connectivity index (χ0v) is 9.77. The minimum atomic E-state index is -3.48. The first-order valence-corrected chi connectivity index (χ1v) is 6.21. The molecule has 0 N–H and O–H groups in total. The van der Waals surface area contributed by atoms with Crippen molar-refractivity contribution >= 4 is 21.4 Å². The number of hydrogen-bond donors (Lipinski definition) is 0. The Morgan fingerprint density at radius 2 is 1.94 bits per heavy atom. The van der Waals surface area contributed by atoms with Crippen LogP contribution in [-0.4, -0.2) is 26.1 Å². The molecule has 0 atom stereocenters. The lowest BCUT2D eigenvalue weighted by Crippen LogP contribution is -2.28. The topological polar surface area (TPSA) is 80.5 Å². The van der Waals surface area contributed by atoms with E-state index in [9.17, 15) is 18.5 Å². The molecule has 0 aliphatic heterocycles. The summed E-state index contributed by atoms with van der Waals surface area (Å²) in [5, 5.41) is 10.7. The highest BCUT2D eigenvalue weighted by Crippen LogP contribution is 2.28. The molecule has 0 aliphatic rings. The van der Waals surface area contributed by atoms with Gasteiger partial charge in [-0.05, 0) is 13.0 Å². The maximum Gasteiger partial charge on any atom is 0.293 e. The summed E-state index contributed by atoms with van der Waals surface area (Å²) in [5.41, 5.74) is -0.142. The predicted molar refractivity (Wildman–Crippen MR) is 61.0 cm³/mol. The highest BCUT2D eigenvalue weighted by molar-refractivity contribution is 7.92. The Kier molecular flexibility index (Phi) is 3.48. The van der Waals surface area contributed by atoms with Gasteiger partial charge in [0, 0.05) is 13.1 Å². The molecule has 0 bridgehead atoms. The highest BCUT2D eigenvalue weighted by atomic mass is 32.2. The fourth-order valence-electron chi connectivity index (χ4n) is 1.23. The van der Waals surface area contributed by atoms with Gasteiger partial charge in [0.1, 0.15) is 5.69 Å². The van der Waals surface area contributed by atoms with Gasteiger partial charge in [0.2, 0.25) is 10.0 Å². The second-order valence-corrected chi connectivity index (χ2v) is 5.40. The third-order valence-corrected chi connectivity index (χ3v) is 3.96. The molecule has 0 spiro atoms. The van der Waals surface area contributed by atoms with Gasteiger partial charge in [-0.3, -0.25) is 14.4 Å². The first-order chi connectivity index (χ1) is 7.40. The van der Waals surface area contributed by atoms with Gasteiger partial charge in [-0.25, -0.2) is 8.42 Å². The zero-order valence-electron chi connectivity index (χ0n) is 8.95. The fourth-order valence-corrected chi connectivity index (χ4v) is 2.07. The Morgan fingerprint density at radius 3 is 2.44 bits per heavy atom. The van der Waals surface area contributed by atoms with Crippen molar-refractivity contribution in [2.24, 2.45) is 0 Å². The number of para-hydroxylation sites is 2. The summed E-state index contributed by atoms with van der Waals surface area (Å²) in [7, 11) is -2.17. The minimum Gasteiger partial charge on any atom is -0.266 e. The maximum absolute atomic E-state index is 11.6. The first kappa shape index (κ1) is 12.4. The molecule has 16 heavy (non-hydrogen) atoms. The van der Waals surface area contributed by atoms with E-state index in [1.54, 1.807) is 6.07 Å². The van der Waals surface area contributed by atoms with Gasteiger partial charge in [0.15, 0.2) is 0 Å². The molecular formula is C9H12N2O4S. The summed E-state index contributed by atoms with van der Waals surface area (Å²) in [6.07, 6.45) is 0. The number of benzene rings is 1. The summed E-state index contributed by atoms with van der Waals surface area (Å²) in [6, 6.07) is 5.74. The van der Waals surface area contributed by atoms with Gasteiger partial charge < -0.3 is 0 Å². The number of nitrogens with zero attached hydrogens (tertiary/aromatic N) is 2. The van der Waals surface area contributed by atoms with E-state index in [1.807, 2.05) is 0 Å². The Balaban J connectivity index is 3.29. The van der Waals surface area contributed by atoms with Crippen LogP contribution in [0.4, 0.5) is 11.4 Å². The lowest BCUT2D eigenvalue weighted by molar-refractivity contribution is -0.384. The summed E-state index contributed by atoms with van der Waals surface area (Å²) >= 11 is 0. The van der Waals surface area contributed by atoms with Crippen molar-refractivity contribution < 1.29 is 13.3 Å². The Labute approximate surface area is 93.7 Å². The van der Waals surface area contributed by atoms with E-state index in [2.05, 4.69) is 0 Å². The normalized spacial score (nSPS) is 11.1. The molecule has 0 aromatic heterocycles. The molecule has 0 aliphatic carbocycles. The molecule has 0 heterocycles. The molecule has 0 fully saturated rings. The summed E-state index contributed by atoms with van der Waals surface area (Å²) in [5.74, 6) is -0.102. The van der Waals surface area contributed by atoms with E-state index in [0.29, 0.717) is 0 Å². The highest BCUT2D eigenvalue weighted by Gasteiger charge is 2.23. The van der Waals surface area contributed by atoms with Crippen molar-refractivity contribution in [2.75, 3.05) is 17.1 Å². The second kappa shape index (κ2) is 4.48. The van der Waals surface area contributed by atoms with Gasteiger partial charge in [-0.1, -0.05) is 12.1 Å². The van der Waals surface area contributed by atoms with Crippen LogP contribution in [0.3, 0.4) is 0 Å². The number of anilines is 1. The lowest BCUT2D eigenvalue weighted by atomic mass is 10.3. The van der Waals surface area contributed by atoms with E-state index in [0.717, 1.165) is 4.31 Å². The van der Waals surface area contributed by atoms with Crippen LogP contribution in [0.25, 0.3) is 0 Å². The first-order valence-electron chi connectivity index (χ1n) is 4.60.